The molecule has 2 amide bonds. The number of hydrogen-bond acceptors (Lipinski definition) is 5. The van der Waals surface area contributed by atoms with E-state index in [1.807, 2.05) is 48.7 Å². The highest BCUT2D eigenvalue weighted by molar-refractivity contribution is 7.10. The van der Waals surface area contributed by atoms with Crippen molar-refractivity contribution in [3.63, 3.8) is 0 Å². The molecule has 0 spiro atoms. The number of benzene rings is 2. The zero-order valence-electron chi connectivity index (χ0n) is 17.3. The molecular weight excluding hydrogens is 431 g/mol. The van der Waals surface area contributed by atoms with Gasteiger partial charge in [-0.3, -0.25) is 14.4 Å². The molecule has 2 atom stereocenters. The van der Waals surface area contributed by atoms with E-state index < -0.39 is 36.3 Å². The summed E-state index contributed by atoms with van der Waals surface area (Å²) in [5.41, 5.74) is 1.77. The van der Waals surface area contributed by atoms with Gasteiger partial charge in [-0.05, 0) is 42.6 Å². The molecule has 2 unspecified atom stereocenters. The molecule has 1 N–H and O–H groups in total. The number of carbonyl (C=O) groups excluding carboxylic acids is 3. The van der Waals surface area contributed by atoms with Crippen LogP contribution in [0.15, 0.2) is 66.0 Å². The van der Waals surface area contributed by atoms with Crippen molar-refractivity contribution in [3.05, 3.63) is 82.3 Å². The highest BCUT2D eigenvalue weighted by Crippen LogP contribution is 2.43. The molecule has 1 aliphatic rings. The van der Waals surface area contributed by atoms with Gasteiger partial charge in [0.1, 0.15) is 5.82 Å². The number of nitrogens with one attached hydrogen (secondary N) is 1. The molecule has 3 aromatic rings. The smallest absolute Gasteiger partial charge is 0.312 e. The molecule has 4 rings (SSSR count). The number of aryl methyl sites for hydroxylation is 1. The van der Waals surface area contributed by atoms with Crippen LogP contribution in [0.3, 0.4) is 0 Å². The minimum absolute atomic E-state index is 0.00611. The second-order valence-electron chi connectivity index (χ2n) is 7.51. The van der Waals surface area contributed by atoms with E-state index in [4.69, 9.17) is 4.74 Å². The molecule has 0 saturated carbocycles. The van der Waals surface area contributed by atoms with Crippen LogP contribution in [0.5, 0.6) is 0 Å². The highest BCUT2D eigenvalue weighted by atomic mass is 32.1. The largest absolute Gasteiger partial charge is 0.455 e. The Kier molecular flexibility index (Phi) is 6.32. The summed E-state index contributed by atoms with van der Waals surface area (Å²) in [6, 6.07) is 16.5. The van der Waals surface area contributed by atoms with Crippen LogP contribution in [0.1, 0.15) is 22.9 Å². The molecule has 0 radical (unpaired) electrons. The van der Waals surface area contributed by atoms with Gasteiger partial charge in [0.25, 0.3) is 5.91 Å². The van der Waals surface area contributed by atoms with Crippen molar-refractivity contribution < 1.29 is 23.5 Å². The molecule has 0 aliphatic carbocycles. The molecule has 1 saturated heterocycles. The van der Waals surface area contributed by atoms with Crippen LogP contribution >= 0.6 is 11.3 Å². The maximum Gasteiger partial charge on any atom is 0.312 e. The Labute approximate surface area is 188 Å². The lowest BCUT2D eigenvalue weighted by atomic mass is 9.99. The summed E-state index contributed by atoms with van der Waals surface area (Å²) >= 11 is 1.45. The van der Waals surface area contributed by atoms with Crippen molar-refractivity contribution in [1.29, 1.82) is 0 Å². The first-order valence-electron chi connectivity index (χ1n) is 10.1. The van der Waals surface area contributed by atoms with E-state index in [2.05, 4.69) is 5.32 Å². The van der Waals surface area contributed by atoms with Gasteiger partial charge in [-0.15, -0.1) is 11.3 Å². The average molecular weight is 453 g/mol. The SMILES string of the molecule is Cc1ccc(N2C(=O)CC(C(=O)OCC(=O)Nc3ccccc3F)C2c2cccs2)cc1. The van der Waals surface area contributed by atoms with E-state index in [-0.39, 0.29) is 18.0 Å². The summed E-state index contributed by atoms with van der Waals surface area (Å²) in [6.07, 6.45) is -0.0236. The summed E-state index contributed by atoms with van der Waals surface area (Å²) in [5.74, 6) is -2.83. The highest BCUT2D eigenvalue weighted by Gasteiger charge is 2.46. The fourth-order valence-corrected chi connectivity index (χ4v) is 4.61. The van der Waals surface area contributed by atoms with Crippen LogP contribution in [0, 0.1) is 18.7 Å². The summed E-state index contributed by atoms with van der Waals surface area (Å²) < 4.78 is 18.9. The number of para-hydroxylation sites is 1. The fourth-order valence-electron chi connectivity index (χ4n) is 3.73. The number of amides is 2. The van der Waals surface area contributed by atoms with Gasteiger partial charge in [-0.25, -0.2) is 4.39 Å². The molecule has 32 heavy (non-hydrogen) atoms. The molecule has 2 aromatic carbocycles. The molecule has 1 fully saturated rings. The van der Waals surface area contributed by atoms with Crippen molar-refractivity contribution in [1.82, 2.24) is 0 Å². The van der Waals surface area contributed by atoms with Crippen LogP contribution < -0.4 is 10.2 Å². The van der Waals surface area contributed by atoms with Gasteiger partial charge in [0.2, 0.25) is 5.91 Å². The van der Waals surface area contributed by atoms with E-state index in [1.165, 1.54) is 29.5 Å². The maximum atomic E-state index is 13.7. The zero-order chi connectivity index (χ0) is 22.7. The van der Waals surface area contributed by atoms with Crippen molar-refractivity contribution in [3.8, 4) is 0 Å². The number of ether oxygens (including phenoxy) is 1. The van der Waals surface area contributed by atoms with E-state index >= 15 is 0 Å². The summed E-state index contributed by atoms with van der Waals surface area (Å²) in [5, 5.41) is 4.26. The van der Waals surface area contributed by atoms with Crippen LogP contribution in [0.25, 0.3) is 0 Å². The van der Waals surface area contributed by atoms with E-state index in [0.29, 0.717) is 5.69 Å². The summed E-state index contributed by atoms with van der Waals surface area (Å²) in [6.45, 7) is 1.39. The maximum absolute atomic E-state index is 13.7. The number of thiophene rings is 1. The minimum atomic E-state index is -0.760. The molecule has 8 heteroatoms. The Balaban J connectivity index is 1.49. The molecule has 2 heterocycles. The predicted molar refractivity (Wildman–Crippen MR) is 120 cm³/mol. The molecule has 1 aromatic heterocycles. The van der Waals surface area contributed by atoms with Crippen molar-refractivity contribution in [2.24, 2.45) is 5.92 Å². The molecule has 1 aliphatic heterocycles. The van der Waals surface area contributed by atoms with Gasteiger partial charge in [-0.1, -0.05) is 35.9 Å². The first-order chi connectivity index (χ1) is 15.4. The quantitative estimate of drug-likeness (QED) is 0.560. The lowest BCUT2D eigenvalue weighted by Gasteiger charge is -2.27. The predicted octanol–water partition coefficient (Wildman–Crippen LogP) is 4.47. The number of rotatable bonds is 6. The Hall–Kier alpha value is -3.52. The topological polar surface area (TPSA) is 75.7 Å². The monoisotopic (exact) mass is 452 g/mol. The van der Waals surface area contributed by atoms with Crippen molar-refractivity contribution >= 4 is 40.5 Å². The normalized spacial score (nSPS) is 17.9. The van der Waals surface area contributed by atoms with Gasteiger partial charge < -0.3 is 15.0 Å². The van der Waals surface area contributed by atoms with Gasteiger partial charge >= 0.3 is 5.97 Å². The molecule has 164 valence electrons. The Morgan fingerprint density at radius 1 is 1.12 bits per heavy atom. The van der Waals surface area contributed by atoms with Gasteiger partial charge in [0.15, 0.2) is 6.61 Å². The first-order valence-corrected chi connectivity index (χ1v) is 10.9. The van der Waals surface area contributed by atoms with Gasteiger partial charge in [0.05, 0.1) is 17.6 Å². The van der Waals surface area contributed by atoms with Crippen LogP contribution in [0.2, 0.25) is 0 Å². The third-order valence-corrected chi connectivity index (χ3v) is 6.21. The lowest BCUT2D eigenvalue weighted by molar-refractivity contribution is -0.152. The number of esters is 1. The van der Waals surface area contributed by atoms with E-state index in [0.717, 1.165) is 10.4 Å². The zero-order valence-corrected chi connectivity index (χ0v) is 18.1. The lowest BCUT2D eigenvalue weighted by Crippen LogP contribution is -2.31. The molecule has 6 nitrogen and oxygen atoms in total. The Bertz CT molecular complexity index is 1130. The van der Waals surface area contributed by atoms with Crippen molar-refractivity contribution in [2.75, 3.05) is 16.8 Å². The van der Waals surface area contributed by atoms with Gasteiger partial charge in [-0.2, -0.15) is 0 Å². The second-order valence-corrected chi connectivity index (χ2v) is 8.49. The van der Waals surface area contributed by atoms with E-state index in [1.54, 1.807) is 11.0 Å². The summed E-state index contributed by atoms with van der Waals surface area (Å²) in [4.78, 5) is 40.4. The van der Waals surface area contributed by atoms with Crippen LogP contribution in [0.4, 0.5) is 15.8 Å². The molecule has 0 bridgehead atoms. The third kappa shape index (κ3) is 4.55. The Morgan fingerprint density at radius 3 is 2.56 bits per heavy atom. The fraction of sp³-hybridized carbons (Fsp3) is 0.208. The summed E-state index contributed by atoms with van der Waals surface area (Å²) in [7, 11) is 0. The number of anilines is 2. The first kappa shape index (κ1) is 21.7. The number of hydrogen-bond donors (Lipinski definition) is 1. The van der Waals surface area contributed by atoms with E-state index in [9.17, 15) is 18.8 Å². The second kappa shape index (κ2) is 9.32. The number of halogens is 1. The standard InChI is InChI=1S/C24H21FN2O4S/c1-15-8-10-16(11-9-15)27-22(29)13-17(23(27)20-7-4-12-32-20)24(30)31-14-21(28)26-19-6-3-2-5-18(19)25/h2-12,17,23H,13-14H2,1H3,(H,26,28). The third-order valence-electron chi connectivity index (χ3n) is 5.27. The molecular formula is C24H21FN2O4S. The number of carbonyl (C=O) groups is 3. The van der Waals surface area contributed by atoms with Gasteiger partial charge in [0, 0.05) is 17.0 Å². The van der Waals surface area contributed by atoms with Crippen LogP contribution in [-0.2, 0) is 19.1 Å². The number of nitrogens with zero attached hydrogens (tertiary/aromatic N) is 1. The van der Waals surface area contributed by atoms with Crippen molar-refractivity contribution in [2.45, 2.75) is 19.4 Å². The Morgan fingerprint density at radius 2 is 1.88 bits per heavy atom. The van der Waals surface area contributed by atoms with Crippen LogP contribution in [-0.4, -0.2) is 24.4 Å². The minimum Gasteiger partial charge on any atom is -0.455 e. The average Bonchev–Trinajstić information content (AvgIpc) is 3.42.